The van der Waals surface area contributed by atoms with E-state index in [0.29, 0.717) is 22.1 Å². The van der Waals surface area contributed by atoms with E-state index < -0.39 is 42.4 Å². The van der Waals surface area contributed by atoms with Crippen LogP contribution in [-0.4, -0.2) is 38.0 Å². The summed E-state index contributed by atoms with van der Waals surface area (Å²) < 4.78 is 6.04. The molecule has 16 nitrogen and oxygen atoms in total. The molecule has 8 aromatic rings. The molecule has 0 radical (unpaired) electrons. The molecule has 0 spiro atoms. The normalized spacial score (nSPS) is 11.0. The smallest absolute Gasteiger partial charge is 0.299 e. The molecule has 0 saturated carbocycles. The molecule has 0 N–H and O–H groups in total. The molecule has 8 rings (SSSR count). The van der Waals surface area contributed by atoms with Crippen LogP contribution >= 0.6 is 0 Å². The summed E-state index contributed by atoms with van der Waals surface area (Å²) in [6.07, 6.45) is 0. The number of hydrogen-bond donors (Lipinski definition) is 0. The topological polar surface area (TPSA) is 192 Å². The maximum absolute atomic E-state index is 12.0. The number of benzene rings is 4. The van der Waals surface area contributed by atoms with Crippen molar-refractivity contribution < 1.29 is 19.7 Å². The van der Waals surface area contributed by atoms with Crippen LogP contribution in [-0.2, 0) is 28.2 Å². The number of nitro benzene ring substituents is 4. The van der Waals surface area contributed by atoms with Crippen molar-refractivity contribution in [2.75, 3.05) is 0 Å². The standard InChI is InChI=1S/C28H24N8O8/c1-29-17-5-7-18(8-6-17)31(3)23-14-24(28(36(43)44)16-27(23)35(41)42)32(4)20-11-9-19(10-12-20)30(2)22-13-21(29)25(33(37)38)15-26(22)34(39)40/h5-16H,1-4H3. The number of aromatic nitrogens is 4. The Labute approximate surface area is 246 Å². The highest BCUT2D eigenvalue weighted by Gasteiger charge is 2.24. The van der Waals surface area contributed by atoms with Crippen LogP contribution < -0.4 is 0 Å². The lowest BCUT2D eigenvalue weighted by atomic mass is 10.2. The highest BCUT2D eigenvalue weighted by atomic mass is 16.6. The first-order chi connectivity index (χ1) is 20.8. The van der Waals surface area contributed by atoms with Gasteiger partial charge >= 0.3 is 0 Å². The lowest BCUT2D eigenvalue weighted by molar-refractivity contribution is -0.392. The maximum Gasteiger partial charge on any atom is 0.299 e. The first-order valence-corrected chi connectivity index (χ1v) is 12.9. The van der Waals surface area contributed by atoms with Gasteiger partial charge in [-0.1, -0.05) is 0 Å². The molecular weight excluding hydrogens is 576 g/mol. The maximum atomic E-state index is 12.0. The minimum absolute atomic E-state index is 0.0941. The van der Waals surface area contributed by atoms with Crippen LogP contribution in [0.5, 0.6) is 0 Å². The van der Waals surface area contributed by atoms with Gasteiger partial charge in [0.25, 0.3) is 22.7 Å². The van der Waals surface area contributed by atoms with Crippen molar-refractivity contribution in [1.29, 1.82) is 0 Å². The Hall–Kier alpha value is -6.32. The van der Waals surface area contributed by atoms with E-state index in [1.165, 1.54) is 30.4 Å². The van der Waals surface area contributed by atoms with E-state index in [1.54, 1.807) is 76.7 Å². The van der Waals surface area contributed by atoms with E-state index in [-0.39, 0.29) is 22.1 Å². The lowest BCUT2D eigenvalue weighted by Crippen LogP contribution is -2.04. The number of rotatable bonds is 4. The summed E-state index contributed by atoms with van der Waals surface area (Å²) in [6.45, 7) is 0. The zero-order chi connectivity index (χ0) is 32.0. The Kier molecular flexibility index (Phi) is 7.18. The second-order valence-corrected chi connectivity index (χ2v) is 9.96. The third kappa shape index (κ3) is 4.89. The highest BCUT2D eigenvalue weighted by Crippen LogP contribution is 2.33. The second kappa shape index (κ2) is 10.8. The average Bonchev–Trinajstić information content (AvgIpc) is 3.01. The van der Waals surface area contributed by atoms with Gasteiger partial charge < -0.3 is 18.3 Å². The van der Waals surface area contributed by atoms with Crippen molar-refractivity contribution >= 4 is 66.9 Å². The molecule has 0 aliphatic carbocycles. The SMILES string of the molecule is Cn1c2ccc(cc2)n(C)c2cc(c([N+](=O)[O-])cc2[N+](=O)[O-])n(C)c2ccc(cc2)n(C)c2cc1c([N+](=O)[O-])cc2[N+](=O)[O-]. The van der Waals surface area contributed by atoms with E-state index in [1.807, 2.05) is 0 Å². The quantitative estimate of drug-likeness (QED) is 0.174. The number of non-ortho nitro benzene ring substituents is 4. The fourth-order valence-electron chi connectivity index (χ4n) is 5.13. The third-order valence-electron chi connectivity index (χ3n) is 7.62. The second-order valence-electron chi connectivity index (χ2n) is 9.96. The van der Waals surface area contributed by atoms with E-state index in [9.17, 15) is 40.5 Å². The van der Waals surface area contributed by atoms with Gasteiger partial charge in [-0.15, -0.1) is 0 Å². The van der Waals surface area contributed by atoms with E-state index in [0.717, 1.165) is 12.1 Å². The minimum atomic E-state index is -0.688. The van der Waals surface area contributed by atoms with Crippen molar-refractivity contribution in [3.05, 3.63) is 113 Å². The van der Waals surface area contributed by atoms with Crippen molar-refractivity contribution in [3.8, 4) is 0 Å². The summed E-state index contributed by atoms with van der Waals surface area (Å²) in [4.78, 5) is 45.4. The van der Waals surface area contributed by atoms with Crippen molar-refractivity contribution in [3.63, 3.8) is 0 Å². The summed E-state index contributed by atoms with van der Waals surface area (Å²) in [6, 6.07) is 17.6. The Bertz CT molecular complexity index is 1910. The van der Waals surface area contributed by atoms with Gasteiger partial charge in [-0.25, -0.2) is 0 Å². The van der Waals surface area contributed by atoms with Crippen molar-refractivity contribution in [2.45, 2.75) is 0 Å². The Morgan fingerprint density at radius 1 is 0.386 bits per heavy atom. The monoisotopic (exact) mass is 600 g/mol. The van der Waals surface area contributed by atoms with Crippen molar-refractivity contribution in [1.82, 2.24) is 18.3 Å². The van der Waals surface area contributed by atoms with E-state index in [2.05, 4.69) is 0 Å². The molecular formula is C28H24N8O8. The summed E-state index contributed by atoms with van der Waals surface area (Å²) in [5.74, 6) is 0. The van der Waals surface area contributed by atoms with Crippen LogP contribution in [0, 0.1) is 40.5 Å². The van der Waals surface area contributed by atoms with Gasteiger partial charge in [-0.05, 0) is 60.7 Å². The predicted molar refractivity (Wildman–Crippen MR) is 163 cm³/mol. The molecule has 0 saturated heterocycles. The van der Waals surface area contributed by atoms with Gasteiger partial charge in [-0.3, -0.25) is 40.5 Å². The molecule has 4 aromatic heterocycles. The van der Waals surface area contributed by atoms with Crippen LogP contribution in [0.2, 0.25) is 0 Å². The molecule has 0 unspecified atom stereocenters. The first kappa shape index (κ1) is 29.2. The zero-order valence-corrected chi connectivity index (χ0v) is 23.8. The number of nitro groups is 4. The Morgan fingerprint density at radius 2 is 0.568 bits per heavy atom. The lowest BCUT2D eigenvalue weighted by Gasteiger charge is -2.11. The minimum Gasteiger partial charge on any atom is -0.339 e. The van der Waals surface area contributed by atoms with Gasteiger partial charge in [0.2, 0.25) is 0 Å². The van der Waals surface area contributed by atoms with Crippen LogP contribution in [0.1, 0.15) is 0 Å². The van der Waals surface area contributed by atoms with Crippen LogP contribution in [0.4, 0.5) is 22.7 Å². The fourth-order valence-corrected chi connectivity index (χ4v) is 5.13. The molecule has 16 heteroatoms. The first-order valence-electron chi connectivity index (χ1n) is 12.9. The molecule has 224 valence electrons. The molecule has 0 atom stereocenters. The largest absolute Gasteiger partial charge is 0.339 e. The summed E-state index contributed by atoms with van der Waals surface area (Å²) in [5, 5.41) is 48.2. The van der Waals surface area contributed by atoms with Gasteiger partial charge in [-0.2, -0.15) is 0 Å². The average molecular weight is 601 g/mol. The third-order valence-corrected chi connectivity index (χ3v) is 7.62. The van der Waals surface area contributed by atoms with Crippen LogP contribution in [0.15, 0.2) is 72.8 Å². The van der Waals surface area contributed by atoms with Gasteiger partial charge in [0.15, 0.2) is 0 Å². The molecule has 8 bridgehead atoms. The zero-order valence-electron chi connectivity index (χ0n) is 23.8. The molecule has 0 aliphatic heterocycles. The molecule has 0 fully saturated rings. The van der Waals surface area contributed by atoms with Gasteiger partial charge in [0, 0.05) is 50.3 Å². The highest BCUT2D eigenvalue weighted by molar-refractivity contribution is 5.85. The molecule has 0 amide bonds. The van der Waals surface area contributed by atoms with E-state index >= 15 is 0 Å². The van der Waals surface area contributed by atoms with Gasteiger partial charge in [0.1, 0.15) is 22.1 Å². The molecule has 0 aliphatic rings. The van der Waals surface area contributed by atoms with Crippen LogP contribution in [0.25, 0.3) is 44.1 Å². The summed E-state index contributed by atoms with van der Waals surface area (Å²) in [7, 11) is 6.31. The number of hydrogen-bond acceptors (Lipinski definition) is 8. The summed E-state index contributed by atoms with van der Waals surface area (Å²) >= 11 is 0. The van der Waals surface area contributed by atoms with Gasteiger partial charge in [0.05, 0.1) is 31.8 Å². The predicted octanol–water partition coefficient (Wildman–Crippen LogP) is 6.10. The van der Waals surface area contributed by atoms with Crippen LogP contribution in [0.3, 0.4) is 0 Å². The Morgan fingerprint density at radius 3 is 0.727 bits per heavy atom. The summed E-state index contributed by atoms with van der Waals surface area (Å²) in [5.41, 5.74) is 0.413. The number of aryl methyl sites for hydroxylation is 4. The molecule has 4 aromatic carbocycles. The molecule has 4 heterocycles. The Balaban J connectivity index is 2.11. The molecule has 44 heavy (non-hydrogen) atoms. The fraction of sp³-hybridized carbons (Fsp3) is 0.143. The number of nitrogens with zero attached hydrogens (tertiary/aromatic N) is 8. The van der Waals surface area contributed by atoms with E-state index in [4.69, 9.17) is 0 Å². The van der Waals surface area contributed by atoms with Crippen molar-refractivity contribution in [2.24, 2.45) is 28.2 Å².